The molecule has 1 fully saturated rings. The molecule has 1 saturated heterocycles. The second-order valence-corrected chi connectivity index (χ2v) is 7.25. The fourth-order valence-electron chi connectivity index (χ4n) is 2.60. The van der Waals surface area contributed by atoms with Crippen LogP contribution in [0, 0.1) is 0 Å². The van der Waals surface area contributed by atoms with E-state index < -0.39 is 0 Å². The van der Waals surface area contributed by atoms with Gasteiger partial charge >= 0.3 is 0 Å². The van der Waals surface area contributed by atoms with E-state index in [0.717, 1.165) is 29.4 Å². The number of likely N-dealkylation sites (N-methyl/N-ethyl adjacent to an activating group) is 1. The fourth-order valence-corrected chi connectivity index (χ4v) is 3.43. The van der Waals surface area contributed by atoms with Crippen LogP contribution in [0.25, 0.3) is 0 Å². The number of aromatic nitrogens is 1. The highest BCUT2D eigenvalue weighted by molar-refractivity contribution is 7.09. The normalized spacial score (nSPS) is 18.0. The molecule has 0 radical (unpaired) electrons. The molecule has 1 aromatic heterocycles. The molecule has 0 spiro atoms. The van der Waals surface area contributed by atoms with E-state index in [1.54, 1.807) is 28.4 Å². The lowest BCUT2D eigenvalue weighted by atomic mass is 10.1. The zero-order chi connectivity index (χ0) is 16.9. The van der Waals surface area contributed by atoms with Crippen LogP contribution in [0.3, 0.4) is 0 Å². The summed E-state index contributed by atoms with van der Waals surface area (Å²) in [6.45, 7) is 1.92. The van der Waals surface area contributed by atoms with E-state index in [-0.39, 0.29) is 5.91 Å². The molecule has 128 valence electrons. The van der Waals surface area contributed by atoms with Crippen molar-refractivity contribution < 1.29 is 9.53 Å². The van der Waals surface area contributed by atoms with Gasteiger partial charge in [0.2, 0.25) is 5.91 Å². The van der Waals surface area contributed by atoms with Gasteiger partial charge in [0.25, 0.3) is 0 Å². The number of ether oxygens (including phenoxy) is 1. The zero-order valence-corrected chi connectivity index (χ0v) is 15.1. The molecule has 3 rings (SSSR count). The van der Waals surface area contributed by atoms with Gasteiger partial charge in [-0.3, -0.25) is 4.79 Å². The summed E-state index contributed by atoms with van der Waals surface area (Å²) in [4.78, 5) is 17.9. The Hall–Kier alpha value is -1.63. The molecule has 0 saturated carbocycles. The second-order valence-electron chi connectivity index (χ2n) is 5.87. The predicted octanol–water partition coefficient (Wildman–Crippen LogP) is 3.09. The summed E-state index contributed by atoms with van der Waals surface area (Å²) in [6.07, 6.45) is 1.51. The quantitative estimate of drug-likeness (QED) is 0.854. The number of rotatable bonds is 6. The molecular weight excluding hydrogens is 346 g/mol. The summed E-state index contributed by atoms with van der Waals surface area (Å²) in [5.74, 6) is 1.01. The van der Waals surface area contributed by atoms with Gasteiger partial charge in [-0.1, -0.05) is 11.6 Å². The Balaban J connectivity index is 1.45. The average molecular weight is 366 g/mol. The minimum absolute atomic E-state index is 0.225. The first-order valence-corrected chi connectivity index (χ1v) is 9.15. The number of hydrogen-bond donors (Lipinski definition) is 1. The van der Waals surface area contributed by atoms with E-state index >= 15 is 0 Å². The summed E-state index contributed by atoms with van der Waals surface area (Å²) in [7, 11) is 1.85. The van der Waals surface area contributed by atoms with Gasteiger partial charge in [-0.25, -0.2) is 4.98 Å². The molecule has 24 heavy (non-hydrogen) atoms. The van der Waals surface area contributed by atoms with Crippen LogP contribution in [-0.2, 0) is 17.9 Å². The van der Waals surface area contributed by atoms with Crippen LogP contribution in [0.15, 0.2) is 29.6 Å². The van der Waals surface area contributed by atoms with Crippen molar-refractivity contribution in [1.82, 2.24) is 15.2 Å². The van der Waals surface area contributed by atoms with Crippen LogP contribution in [0.4, 0.5) is 0 Å². The first-order chi connectivity index (χ1) is 11.6. The Morgan fingerprint density at radius 3 is 2.96 bits per heavy atom. The van der Waals surface area contributed by atoms with Crippen LogP contribution < -0.4 is 10.1 Å². The Morgan fingerprint density at radius 1 is 1.42 bits per heavy atom. The number of hydrogen-bond acceptors (Lipinski definition) is 5. The van der Waals surface area contributed by atoms with Gasteiger partial charge < -0.3 is 15.0 Å². The van der Waals surface area contributed by atoms with Crippen LogP contribution in [-0.4, -0.2) is 35.4 Å². The minimum Gasteiger partial charge on any atom is -0.486 e. The Labute approximate surface area is 150 Å². The van der Waals surface area contributed by atoms with Crippen LogP contribution in [0.5, 0.6) is 5.75 Å². The van der Waals surface area contributed by atoms with Crippen molar-refractivity contribution in [3.63, 3.8) is 0 Å². The van der Waals surface area contributed by atoms with Gasteiger partial charge in [-0.2, -0.15) is 0 Å². The predicted molar refractivity (Wildman–Crippen MR) is 95.4 cm³/mol. The number of nitrogens with zero attached hydrogens (tertiary/aromatic N) is 2. The van der Waals surface area contributed by atoms with Gasteiger partial charge in [-0.05, 0) is 30.7 Å². The molecular formula is C17H20ClN3O2S. The van der Waals surface area contributed by atoms with Gasteiger partial charge in [0, 0.05) is 43.0 Å². The zero-order valence-electron chi connectivity index (χ0n) is 13.5. The van der Waals surface area contributed by atoms with Crippen LogP contribution in [0.2, 0.25) is 5.02 Å². The molecule has 1 unspecified atom stereocenters. The number of thiazole rings is 1. The number of amides is 1. The molecule has 1 aromatic carbocycles. The van der Waals surface area contributed by atoms with E-state index in [2.05, 4.69) is 10.3 Å². The maximum Gasteiger partial charge on any atom is 0.222 e. The van der Waals surface area contributed by atoms with E-state index in [1.807, 2.05) is 24.6 Å². The van der Waals surface area contributed by atoms with Crippen molar-refractivity contribution in [2.24, 2.45) is 0 Å². The number of halogens is 1. The molecule has 5 nitrogen and oxygen atoms in total. The molecule has 0 bridgehead atoms. The standard InChI is InChI=1S/C17H20ClN3O2S/c1-21-9-13(4-7-17(21)22)19-8-14-11-24-16(20-14)10-23-15-5-2-12(18)3-6-15/h2-3,5-6,11,13,19H,4,7-10H2,1H3. The number of nitrogens with one attached hydrogen (secondary N) is 1. The summed E-state index contributed by atoms with van der Waals surface area (Å²) >= 11 is 7.45. The lowest BCUT2D eigenvalue weighted by Gasteiger charge is -2.30. The molecule has 1 amide bonds. The molecule has 2 heterocycles. The first-order valence-electron chi connectivity index (χ1n) is 7.89. The molecule has 1 aliphatic rings. The third-order valence-electron chi connectivity index (χ3n) is 3.97. The maximum atomic E-state index is 11.5. The summed E-state index contributed by atoms with van der Waals surface area (Å²) in [5.41, 5.74) is 1.01. The van der Waals surface area contributed by atoms with Gasteiger partial charge in [0.1, 0.15) is 17.4 Å². The molecule has 1 aliphatic heterocycles. The smallest absolute Gasteiger partial charge is 0.222 e. The number of carbonyl (C=O) groups excluding carboxylic acids is 1. The highest BCUT2D eigenvalue weighted by Crippen LogP contribution is 2.18. The average Bonchev–Trinajstić information content (AvgIpc) is 3.03. The van der Waals surface area contributed by atoms with E-state index in [4.69, 9.17) is 16.3 Å². The molecule has 1 atom stereocenters. The Morgan fingerprint density at radius 2 is 2.21 bits per heavy atom. The van der Waals surface area contributed by atoms with E-state index in [0.29, 0.717) is 30.6 Å². The van der Waals surface area contributed by atoms with Crippen LogP contribution >= 0.6 is 22.9 Å². The third-order valence-corrected chi connectivity index (χ3v) is 5.10. The minimum atomic E-state index is 0.225. The van der Waals surface area contributed by atoms with Gasteiger partial charge in [0.05, 0.1) is 5.69 Å². The van der Waals surface area contributed by atoms with Crippen molar-refractivity contribution in [3.8, 4) is 5.75 Å². The van der Waals surface area contributed by atoms with E-state index in [1.165, 1.54) is 0 Å². The molecule has 2 aromatic rings. The summed E-state index contributed by atoms with van der Waals surface area (Å²) < 4.78 is 5.71. The number of benzene rings is 1. The third kappa shape index (κ3) is 4.69. The largest absolute Gasteiger partial charge is 0.486 e. The topological polar surface area (TPSA) is 54.5 Å². The lowest BCUT2D eigenvalue weighted by Crippen LogP contribution is -2.46. The fraction of sp³-hybridized carbons (Fsp3) is 0.412. The van der Waals surface area contributed by atoms with Gasteiger partial charge in [-0.15, -0.1) is 11.3 Å². The van der Waals surface area contributed by atoms with Crippen molar-refractivity contribution in [1.29, 1.82) is 0 Å². The highest BCUT2D eigenvalue weighted by atomic mass is 35.5. The van der Waals surface area contributed by atoms with Crippen molar-refractivity contribution in [2.75, 3.05) is 13.6 Å². The van der Waals surface area contributed by atoms with Gasteiger partial charge in [0.15, 0.2) is 0 Å². The molecule has 7 heteroatoms. The molecule has 1 N–H and O–H groups in total. The second kappa shape index (κ2) is 7.96. The monoisotopic (exact) mass is 365 g/mol. The summed E-state index contributed by atoms with van der Waals surface area (Å²) in [6, 6.07) is 7.64. The number of carbonyl (C=O) groups is 1. The number of likely N-dealkylation sites (tertiary alicyclic amines) is 1. The summed E-state index contributed by atoms with van der Waals surface area (Å²) in [5, 5.41) is 7.16. The first kappa shape index (κ1) is 17.2. The maximum absolute atomic E-state index is 11.5. The highest BCUT2D eigenvalue weighted by Gasteiger charge is 2.22. The Kier molecular flexibility index (Phi) is 5.71. The lowest BCUT2D eigenvalue weighted by molar-refractivity contribution is -0.132. The number of piperidine rings is 1. The van der Waals surface area contributed by atoms with Crippen molar-refractivity contribution in [3.05, 3.63) is 45.4 Å². The SMILES string of the molecule is CN1CC(NCc2csc(COc3ccc(Cl)cc3)n2)CCC1=O. The van der Waals surface area contributed by atoms with Crippen molar-refractivity contribution >= 4 is 28.8 Å². The van der Waals surface area contributed by atoms with Crippen LogP contribution in [0.1, 0.15) is 23.5 Å². The van der Waals surface area contributed by atoms with E-state index in [9.17, 15) is 4.79 Å². The molecule has 0 aliphatic carbocycles. The van der Waals surface area contributed by atoms with Crippen molar-refractivity contribution in [2.45, 2.75) is 32.0 Å². The Bertz CT molecular complexity index is 689.